The first-order valence-corrected chi connectivity index (χ1v) is 7.96. The van der Waals surface area contributed by atoms with E-state index >= 15 is 0 Å². The van der Waals surface area contributed by atoms with Gasteiger partial charge >= 0.3 is 6.03 Å². The molecule has 0 bridgehead atoms. The lowest BCUT2D eigenvalue weighted by atomic mass is 10.1. The molecule has 23 heavy (non-hydrogen) atoms. The maximum atomic E-state index is 12.8. The van der Waals surface area contributed by atoms with Crippen molar-refractivity contribution in [3.05, 3.63) is 65.3 Å². The number of aliphatic hydroxyl groups is 1. The van der Waals surface area contributed by atoms with E-state index in [1.165, 1.54) is 24.3 Å². The molecule has 3 aromatic rings. The van der Waals surface area contributed by atoms with Crippen molar-refractivity contribution in [1.29, 1.82) is 0 Å². The number of benzene rings is 2. The fraction of sp³-hybridized carbons (Fsp3) is 0.118. The maximum Gasteiger partial charge on any atom is 0.319 e. The molecule has 0 aliphatic rings. The third-order valence-electron chi connectivity index (χ3n) is 3.43. The average Bonchev–Trinajstić information content (AvgIpc) is 2.99. The molecule has 1 atom stereocenters. The zero-order valence-corrected chi connectivity index (χ0v) is 12.9. The minimum absolute atomic E-state index is 0.0910. The van der Waals surface area contributed by atoms with Gasteiger partial charge in [0, 0.05) is 22.5 Å². The molecule has 1 unspecified atom stereocenters. The summed E-state index contributed by atoms with van der Waals surface area (Å²) in [7, 11) is 0. The Bertz CT molecular complexity index is 817. The fourth-order valence-corrected chi connectivity index (χ4v) is 3.27. The summed E-state index contributed by atoms with van der Waals surface area (Å²) < 4.78 is 13.9. The van der Waals surface area contributed by atoms with Crippen LogP contribution in [0.5, 0.6) is 0 Å². The van der Waals surface area contributed by atoms with Gasteiger partial charge in [-0.2, -0.15) is 0 Å². The fourth-order valence-electron chi connectivity index (χ4n) is 2.26. The molecular formula is C17H15FN2O2S. The Balaban J connectivity index is 1.59. The van der Waals surface area contributed by atoms with Crippen molar-refractivity contribution in [3.63, 3.8) is 0 Å². The number of urea groups is 1. The Morgan fingerprint density at radius 1 is 1.17 bits per heavy atom. The lowest BCUT2D eigenvalue weighted by Crippen LogP contribution is -2.32. The normalized spacial score (nSPS) is 12.1. The van der Waals surface area contributed by atoms with Gasteiger partial charge in [-0.3, -0.25) is 0 Å². The van der Waals surface area contributed by atoms with Crippen molar-refractivity contribution in [2.45, 2.75) is 6.10 Å². The van der Waals surface area contributed by atoms with Crippen LogP contribution in [0.25, 0.3) is 10.1 Å². The third kappa shape index (κ3) is 3.67. The lowest BCUT2D eigenvalue weighted by Gasteiger charge is -2.12. The molecular weight excluding hydrogens is 315 g/mol. The highest BCUT2D eigenvalue weighted by atomic mass is 32.1. The van der Waals surface area contributed by atoms with Crippen LogP contribution in [0.3, 0.4) is 0 Å². The standard InChI is InChI=1S/C17H15FN2O2S/c18-11-5-7-12(8-6-11)20-17(22)19-9-15(21)14-10-23-16-4-2-1-3-13(14)16/h1-8,10,15,21H,9H2,(H2,19,20,22). The van der Waals surface area contributed by atoms with Crippen molar-refractivity contribution in [3.8, 4) is 0 Å². The molecule has 0 radical (unpaired) electrons. The van der Waals surface area contributed by atoms with E-state index in [2.05, 4.69) is 10.6 Å². The van der Waals surface area contributed by atoms with E-state index in [4.69, 9.17) is 0 Å². The van der Waals surface area contributed by atoms with Crippen LogP contribution in [0.1, 0.15) is 11.7 Å². The highest BCUT2D eigenvalue weighted by molar-refractivity contribution is 7.17. The van der Waals surface area contributed by atoms with Gasteiger partial charge in [0.05, 0.1) is 6.10 Å². The number of halogens is 1. The van der Waals surface area contributed by atoms with E-state index in [1.54, 1.807) is 11.3 Å². The number of carbonyl (C=O) groups is 1. The molecule has 6 heteroatoms. The number of hydrogen-bond acceptors (Lipinski definition) is 3. The number of rotatable bonds is 4. The first-order chi connectivity index (χ1) is 11.1. The zero-order valence-electron chi connectivity index (χ0n) is 12.1. The van der Waals surface area contributed by atoms with Crippen LogP contribution < -0.4 is 10.6 Å². The van der Waals surface area contributed by atoms with Gasteiger partial charge in [0.25, 0.3) is 0 Å². The average molecular weight is 330 g/mol. The summed E-state index contributed by atoms with van der Waals surface area (Å²) in [6.07, 6.45) is -0.787. The van der Waals surface area contributed by atoms with Gasteiger partial charge in [-0.25, -0.2) is 9.18 Å². The van der Waals surface area contributed by atoms with Crippen LogP contribution in [0, 0.1) is 5.82 Å². The highest BCUT2D eigenvalue weighted by Gasteiger charge is 2.14. The Morgan fingerprint density at radius 2 is 1.91 bits per heavy atom. The van der Waals surface area contributed by atoms with E-state index in [-0.39, 0.29) is 12.4 Å². The van der Waals surface area contributed by atoms with Crippen molar-refractivity contribution in [2.24, 2.45) is 0 Å². The molecule has 3 rings (SSSR count). The number of hydrogen-bond donors (Lipinski definition) is 3. The van der Waals surface area contributed by atoms with E-state index in [1.807, 2.05) is 29.6 Å². The van der Waals surface area contributed by atoms with Crippen LogP contribution in [0.15, 0.2) is 53.9 Å². The number of aliphatic hydroxyl groups excluding tert-OH is 1. The number of fused-ring (bicyclic) bond motifs is 1. The molecule has 0 aliphatic carbocycles. The molecule has 2 aromatic carbocycles. The van der Waals surface area contributed by atoms with Crippen LogP contribution in [-0.4, -0.2) is 17.7 Å². The monoisotopic (exact) mass is 330 g/mol. The summed E-state index contributed by atoms with van der Waals surface area (Å²) in [6.45, 7) is 0.0910. The lowest BCUT2D eigenvalue weighted by molar-refractivity contribution is 0.177. The molecule has 2 amide bonds. The largest absolute Gasteiger partial charge is 0.387 e. The Morgan fingerprint density at radius 3 is 2.70 bits per heavy atom. The zero-order chi connectivity index (χ0) is 16.2. The molecule has 1 heterocycles. The Hall–Kier alpha value is -2.44. The predicted molar refractivity (Wildman–Crippen MR) is 90.2 cm³/mol. The minimum atomic E-state index is -0.787. The van der Waals surface area contributed by atoms with Crippen LogP contribution in [0.2, 0.25) is 0 Å². The molecule has 0 saturated carbocycles. The molecule has 0 aliphatic heterocycles. The van der Waals surface area contributed by atoms with Gasteiger partial charge < -0.3 is 15.7 Å². The summed E-state index contributed by atoms with van der Waals surface area (Å²) in [5.41, 5.74) is 1.28. The van der Waals surface area contributed by atoms with Gasteiger partial charge in [0.1, 0.15) is 5.82 Å². The maximum absolute atomic E-state index is 12.8. The molecule has 0 fully saturated rings. The number of carbonyl (C=O) groups excluding carboxylic acids is 1. The predicted octanol–water partition coefficient (Wildman–Crippen LogP) is 3.90. The first kappa shape index (κ1) is 15.5. The molecule has 4 nitrogen and oxygen atoms in total. The second-order valence-corrected chi connectivity index (χ2v) is 5.96. The molecule has 3 N–H and O–H groups in total. The van der Waals surface area contributed by atoms with Crippen LogP contribution in [0.4, 0.5) is 14.9 Å². The molecule has 1 aromatic heterocycles. The molecule has 0 saturated heterocycles. The van der Waals surface area contributed by atoms with Gasteiger partial charge in [-0.05, 0) is 41.1 Å². The quantitative estimate of drug-likeness (QED) is 0.679. The smallest absolute Gasteiger partial charge is 0.319 e. The van der Waals surface area contributed by atoms with Crippen molar-refractivity contribution < 1.29 is 14.3 Å². The van der Waals surface area contributed by atoms with Gasteiger partial charge in [0.15, 0.2) is 0 Å². The van der Waals surface area contributed by atoms with Crippen LogP contribution in [-0.2, 0) is 0 Å². The van der Waals surface area contributed by atoms with E-state index in [0.717, 1.165) is 15.6 Å². The van der Waals surface area contributed by atoms with E-state index in [0.29, 0.717) is 5.69 Å². The van der Waals surface area contributed by atoms with E-state index in [9.17, 15) is 14.3 Å². The Labute approximate surface area is 136 Å². The first-order valence-electron chi connectivity index (χ1n) is 7.08. The summed E-state index contributed by atoms with van der Waals surface area (Å²) in [5.74, 6) is -0.365. The number of thiophene rings is 1. The highest BCUT2D eigenvalue weighted by Crippen LogP contribution is 2.29. The second kappa shape index (κ2) is 6.76. The minimum Gasteiger partial charge on any atom is -0.387 e. The van der Waals surface area contributed by atoms with Crippen molar-refractivity contribution in [1.82, 2.24) is 5.32 Å². The second-order valence-electron chi connectivity index (χ2n) is 5.04. The SMILES string of the molecule is O=C(NCC(O)c1csc2ccccc12)Nc1ccc(F)cc1. The number of anilines is 1. The van der Waals surface area contributed by atoms with Crippen molar-refractivity contribution >= 4 is 33.1 Å². The van der Waals surface area contributed by atoms with Gasteiger partial charge in [-0.1, -0.05) is 18.2 Å². The summed E-state index contributed by atoms with van der Waals surface area (Å²) >= 11 is 1.56. The molecule has 118 valence electrons. The van der Waals surface area contributed by atoms with Gasteiger partial charge in [-0.15, -0.1) is 11.3 Å². The van der Waals surface area contributed by atoms with Crippen molar-refractivity contribution in [2.75, 3.05) is 11.9 Å². The van der Waals surface area contributed by atoms with Crippen LogP contribution >= 0.6 is 11.3 Å². The topological polar surface area (TPSA) is 61.4 Å². The summed E-state index contributed by atoms with van der Waals surface area (Å²) in [4.78, 5) is 11.8. The Kier molecular flexibility index (Phi) is 4.55. The van der Waals surface area contributed by atoms with Gasteiger partial charge in [0.2, 0.25) is 0 Å². The van der Waals surface area contributed by atoms with E-state index < -0.39 is 12.1 Å². The summed E-state index contributed by atoms with van der Waals surface area (Å²) in [6, 6.07) is 12.8. The molecule has 0 spiro atoms. The number of amides is 2. The summed E-state index contributed by atoms with van der Waals surface area (Å²) in [5, 5.41) is 18.4. The third-order valence-corrected chi connectivity index (χ3v) is 4.41. The number of nitrogens with one attached hydrogen (secondary N) is 2.